The maximum atomic E-state index is 10.4. The van der Waals surface area contributed by atoms with Gasteiger partial charge in [0.05, 0.1) is 10.9 Å². The second kappa shape index (κ2) is 4.43. The van der Waals surface area contributed by atoms with Crippen LogP contribution in [-0.2, 0) is 4.79 Å². The van der Waals surface area contributed by atoms with Gasteiger partial charge in [-0.15, -0.1) is 0 Å². The molecule has 0 spiro atoms. The molecule has 0 amide bonds. The molecule has 1 aromatic rings. The number of phenolic OH excluding ortho intramolecular Hbond substituents is 1. The lowest BCUT2D eigenvalue weighted by molar-refractivity contribution is -0.137. The number of aliphatic carboxylic acids is 1. The molecular formula is C9H10BrNO3. The first kappa shape index (κ1) is 11.0. The molecular weight excluding hydrogens is 250 g/mol. The van der Waals surface area contributed by atoms with E-state index in [2.05, 4.69) is 15.9 Å². The molecule has 14 heavy (non-hydrogen) atoms. The normalized spacial score (nSPS) is 12.4. The predicted molar refractivity (Wildman–Crippen MR) is 55.0 cm³/mol. The maximum Gasteiger partial charge on any atom is 0.305 e. The van der Waals surface area contributed by atoms with E-state index < -0.39 is 12.0 Å². The summed E-state index contributed by atoms with van der Waals surface area (Å²) in [6, 6.07) is 4.27. The van der Waals surface area contributed by atoms with Crippen LogP contribution in [0.25, 0.3) is 0 Å². The fourth-order valence-corrected chi connectivity index (χ4v) is 1.51. The molecule has 1 rings (SSSR count). The number of benzene rings is 1. The summed E-state index contributed by atoms with van der Waals surface area (Å²) in [5, 5.41) is 18.1. The highest BCUT2D eigenvalue weighted by Crippen LogP contribution is 2.31. The molecule has 1 aromatic carbocycles. The Morgan fingerprint density at radius 3 is 2.79 bits per heavy atom. The highest BCUT2D eigenvalue weighted by molar-refractivity contribution is 9.10. The van der Waals surface area contributed by atoms with E-state index in [1.807, 2.05) is 0 Å². The number of hydrogen-bond acceptors (Lipinski definition) is 3. The van der Waals surface area contributed by atoms with E-state index in [0.717, 1.165) is 0 Å². The molecule has 4 N–H and O–H groups in total. The van der Waals surface area contributed by atoms with Crippen molar-refractivity contribution >= 4 is 21.9 Å². The van der Waals surface area contributed by atoms with Crippen molar-refractivity contribution in [1.82, 2.24) is 0 Å². The summed E-state index contributed by atoms with van der Waals surface area (Å²) in [5.41, 5.74) is 6.04. The van der Waals surface area contributed by atoms with E-state index in [0.29, 0.717) is 10.0 Å². The third-order valence-electron chi connectivity index (χ3n) is 1.81. The second-order valence-corrected chi connectivity index (χ2v) is 3.74. The van der Waals surface area contributed by atoms with Gasteiger partial charge in [0.25, 0.3) is 0 Å². The van der Waals surface area contributed by atoms with Crippen LogP contribution in [0.3, 0.4) is 0 Å². The Labute approximate surface area is 89.5 Å². The van der Waals surface area contributed by atoms with Crippen LogP contribution in [0.4, 0.5) is 0 Å². The van der Waals surface area contributed by atoms with Gasteiger partial charge >= 0.3 is 5.97 Å². The van der Waals surface area contributed by atoms with Gasteiger partial charge in [0.2, 0.25) is 0 Å². The van der Waals surface area contributed by atoms with E-state index >= 15 is 0 Å². The molecule has 0 saturated carbocycles. The minimum atomic E-state index is -0.989. The summed E-state index contributed by atoms with van der Waals surface area (Å²) in [7, 11) is 0. The Bertz CT molecular complexity index is 354. The van der Waals surface area contributed by atoms with Crippen LogP contribution < -0.4 is 5.73 Å². The summed E-state index contributed by atoms with van der Waals surface area (Å²) in [6.07, 6.45) is -0.204. The van der Waals surface area contributed by atoms with E-state index in [1.54, 1.807) is 18.2 Å². The van der Waals surface area contributed by atoms with Gasteiger partial charge in [-0.25, -0.2) is 0 Å². The van der Waals surface area contributed by atoms with Crippen LogP contribution in [0, 0.1) is 0 Å². The number of halogens is 1. The minimum absolute atomic E-state index is 0.00116. The number of rotatable bonds is 3. The van der Waals surface area contributed by atoms with Crippen molar-refractivity contribution in [2.75, 3.05) is 0 Å². The zero-order valence-corrected chi connectivity index (χ0v) is 8.86. The number of phenols is 1. The van der Waals surface area contributed by atoms with Crippen molar-refractivity contribution in [2.24, 2.45) is 5.73 Å². The van der Waals surface area contributed by atoms with Gasteiger partial charge < -0.3 is 15.9 Å². The zero-order chi connectivity index (χ0) is 10.7. The molecule has 1 atom stereocenters. The number of carboxylic acids is 1. The molecule has 0 aliphatic carbocycles. The lowest BCUT2D eigenvalue weighted by Gasteiger charge is -2.11. The molecule has 5 heteroatoms. The Balaban J connectivity index is 2.95. The smallest absolute Gasteiger partial charge is 0.305 e. The number of para-hydroxylation sites is 1. The van der Waals surface area contributed by atoms with E-state index in [1.165, 1.54) is 0 Å². The first-order valence-electron chi connectivity index (χ1n) is 3.97. The molecule has 0 aromatic heterocycles. The monoisotopic (exact) mass is 259 g/mol. The second-order valence-electron chi connectivity index (χ2n) is 2.88. The van der Waals surface area contributed by atoms with Crippen LogP contribution in [-0.4, -0.2) is 16.2 Å². The topological polar surface area (TPSA) is 83.6 Å². The van der Waals surface area contributed by atoms with Crippen LogP contribution in [0.5, 0.6) is 5.75 Å². The standard InChI is InChI=1S/C9H10BrNO3/c10-6-3-1-2-5(9(6)14)7(11)4-8(12)13/h1-3,7,14H,4,11H2,(H,12,13). The Kier molecular flexibility index (Phi) is 3.49. The fraction of sp³-hybridized carbons (Fsp3) is 0.222. The molecule has 0 saturated heterocycles. The van der Waals surface area contributed by atoms with Crippen molar-refractivity contribution in [3.05, 3.63) is 28.2 Å². The number of hydrogen-bond donors (Lipinski definition) is 3. The number of nitrogens with two attached hydrogens (primary N) is 1. The molecule has 0 aliphatic heterocycles. The quantitative estimate of drug-likeness (QED) is 0.771. The van der Waals surface area contributed by atoms with E-state index in [9.17, 15) is 9.90 Å². The van der Waals surface area contributed by atoms with Gasteiger partial charge in [-0.2, -0.15) is 0 Å². The largest absolute Gasteiger partial charge is 0.506 e. The first-order valence-corrected chi connectivity index (χ1v) is 4.76. The predicted octanol–water partition coefficient (Wildman–Crippen LogP) is 1.63. The van der Waals surface area contributed by atoms with E-state index in [4.69, 9.17) is 10.8 Å². The molecule has 0 aliphatic rings. The summed E-state index contributed by atoms with van der Waals surface area (Å²) >= 11 is 3.13. The SMILES string of the molecule is NC(CC(=O)O)c1cccc(Br)c1O. The maximum absolute atomic E-state index is 10.4. The summed E-state index contributed by atoms with van der Waals surface area (Å²) < 4.78 is 0.510. The lowest BCUT2D eigenvalue weighted by Crippen LogP contribution is -2.15. The fourth-order valence-electron chi connectivity index (χ4n) is 1.13. The van der Waals surface area contributed by atoms with Crippen molar-refractivity contribution in [2.45, 2.75) is 12.5 Å². The van der Waals surface area contributed by atoms with Gasteiger partial charge in [-0.3, -0.25) is 4.79 Å². The minimum Gasteiger partial charge on any atom is -0.506 e. The van der Waals surface area contributed by atoms with E-state index in [-0.39, 0.29) is 12.2 Å². The van der Waals surface area contributed by atoms with Crippen molar-refractivity contribution < 1.29 is 15.0 Å². The van der Waals surface area contributed by atoms with Crippen LogP contribution >= 0.6 is 15.9 Å². The highest BCUT2D eigenvalue weighted by atomic mass is 79.9. The number of carbonyl (C=O) groups is 1. The van der Waals surface area contributed by atoms with Gasteiger partial charge in [-0.1, -0.05) is 12.1 Å². The summed E-state index contributed by atoms with van der Waals surface area (Å²) in [5.74, 6) is -0.988. The molecule has 0 heterocycles. The van der Waals surface area contributed by atoms with Gasteiger partial charge in [-0.05, 0) is 22.0 Å². The molecule has 76 valence electrons. The lowest BCUT2D eigenvalue weighted by atomic mass is 10.0. The summed E-state index contributed by atoms with van der Waals surface area (Å²) in [6.45, 7) is 0. The Morgan fingerprint density at radius 2 is 2.21 bits per heavy atom. The Hall–Kier alpha value is -1.07. The molecule has 1 unspecified atom stereocenters. The third-order valence-corrected chi connectivity index (χ3v) is 2.45. The van der Waals surface area contributed by atoms with Gasteiger partial charge in [0.15, 0.2) is 0 Å². The number of aromatic hydroxyl groups is 1. The van der Waals surface area contributed by atoms with Crippen molar-refractivity contribution in [3.63, 3.8) is 0 Å². The zero-order valence-electron chi connectivity index (χ0n) is 7.27. The number of carboxylic acid groups (broad SMARTS) is 1. The van der Waals surface area contributed by atoms with Crippen molar-refractivity contribution in [3.8, 4) is 5.75 Å². The highest BCUT2D eigenvalue weighted by Gasteiger charge is 2.15. The van der Waals surface area contributed by atoms with Crippen LogP contribution in [0.2, 0.25) is 0 Å². The molecule has 0 bridgehead atoms. The van der Waals surface area contributed by atoms with Crippen LogP contribution in [0.15, 0.2) is 22.7 Å². The first-order chi connectivity index (χ1) is 6.52. The summed E-state index contributed by atoms with van der Waals surface area (Å²) in [4.78, 5) is 10.4. The Morgan fingerprint density at radius 1 is 1.57 bits per heavy atom. The molecule has 0 fully saturated rings. The van der Waals surface area contributed by atoms with Gasteiger partial charge in [0.1, 0.15) is 5.75 Å². The molecule has 0 radical (unpaired) electrons. The van der Waals surface area contributed by atoms with Crippen LogP contribution in [0.1, 0.15) is 18.0 Å². The van der Waals surface area contributed by atoms with Crippen molar-refractivity contribution in [1.29, 1.82) is 0 Å². The third kappa shape index (κ3) is 2.46. The molecule has 4 nitrogen and oxygen atoms in total. The average molecular weight is 260 g/mol. The average Bonchev–Trinajstić information content (AvgIpc) is 2.08. The van der Waals surface area contributed by atoms with Gasteiger partial charge in [0, 0.05) is 11.6 Å².